The lowest BCUT2D eigenvalue weighted by atomic mass is 10.1. The highest BCUT2D eigenvalue weighted by molar-refractivity contribution is 7.43. The van der Waals surface area contributed by atoms with Crippen molar-refractivity contribution in [2.24, 2.45) is 0 Å². The maximum absolute atomic E-state index is 13.3. The predicted octanol–water partition coefficient (Wildman–Crippen LogP) is 7.39. The fourth-order valence-corrected chi connectivity index (χ4v) is 6.30. The first-order chi connectivity index (χ1) is 16.6. The van der Waals surface area contributed by atoms with E-state index in [1.165, 1.54) is 32.7 Å². The van der Waals surface area contributed by atoms with Gasteiger partial charge >= 0.3 is 5.97 Å². The van der Waals surface area contributed by atoms with Gasteiger partial charge in [-0.15, -0.1) is 0 Å². The van der Waals surface area contributed by atoms with Gasteiger partial charge < -0.3 is 9.47 Å². The third-order valence-electron chi connectivity index (χ3n) is 5.57. The molecule has 0 aliphatic heterocycles. The highest BCUT2D eigenvalue weighted by atomic mass is 32.2. The van der Waals surface area contributed by atoms with Crippen molar-refractivity contribution < 1.29 is 18.7 Å². The van der Waals surface area contributed by atoms with E-state index in [2.05, 4.69) is 60.5 Å². The van der Waals surface area contributed by atoms with Gasteiger partial charge in [-0.1, -0.05) is 30.0 Å². The molecule has 0 saturated carbocycles. The number of ether oxygens (including phenoxy) is 2. The highest BCUT2D eigenvalue weighted by Gasteiger charge is 2.23. The molecule has 0 radical (unpaired) electrons. The first-order valence-corrected chi connectivity index (χ1v) is 12.7. The average Bonchev–Trinajstić information content (AvgIpc) is 3.14. The fourth-order valence-electron chi connectivity index (χ4n) is 4.01. The summed E-state index contributed by atoms with van der Waals surface area (Å²) >= 11 is 0. The van der Waals surface area contributed by atoms with Crippen LogP contribution < -0.4 is 4.74 Å². The number of halogens is 1. The number of esters is 1. The van der Waals surface area contributed by atoms with Crippen LogP contribution in [0.4, 0.5) is 4.39 Å². The van der Waals surface area contributed by atoms with Crippen molar-refractivity contribution in [2.45, 2.75) is 40.2 Å². The second-order valence-corrected chi connectivity index (χ2v) is 10.9. The first kappa shape index (κ1) is 24.5. The summed E-state index contributed by atoms with van der Waals surface area (Å²) in [6, 6.07) is 18.8. The molecule has 0 amide bonds. The van der Waals surface area contributed by atoms with Gasteiger partial charge in [0.15, 0.2) is 21.8 Å². The third kappa shape index (κ3) is 5.72. The standard InChI is InChI=1S/C30H28FO3S/c1-20-15-25(35-19-22(3)26-11-6-7-12-27(26)35)16-21(2)29(20)33-18-28(32)34-30(4,5)14-13-23-9-8-10-24(31)17-23/h6-12,15-17,19H,18H2,1-5H3/q+1. The molecule has 0 bridgehead atoms. The van der Waals surface area contributed by atoms with Crippen molar-refractivity contribution in [1.29, 1.82) is 0 Å². The first-order valence-electron chi connectivity index (χ1n) is 11.4. The predicted molar refractivity (Wildman–Crippen MR) is 141 cm³/mol. The van der Waals surface area contributed by atoms with Crippen LogP contribution in [0.3, 0.4) is 0 Å². The number of hydrogen-bond acceptors (Lipinski definition) is 3. The Kier molecular flexibility index (Phi) is 6.95. The van der Waals surface area contributed by atoms with Gasteiger partial charge in [0.1, 0.15) is 16.9 Å². The van der Waals surface area contributed by atoms with Gasteiger partial charge in [0.25, 0.3) is 0 Å². The fraction of sp³-hybridized carbons (Fsp3) is 0.233. The molecule has 1 heterocycles. The lowest BCUT2D eigenvalue weighted by Gasteiger charge is -2.19. The Balaban J connectivity index is 1.46. The quantitative estimate of drug-likeness (QED) is 0.167. The van der Waals surface area contributed by atoms with E-state index in [-0.39, 0.29) is 22.9 Å². The summed E-state index contributed by atoms with van der Waals surface area (Å²) in [4.78, 5) is 13.7. The van der Waals surface area contributed by atoms with Crippen LogP contribution in [0.15, 0.2) is 66.0 Å². The Labute approximate surface area is 208 Å². The molecule has 1 aromatic heterocycles. The smallest absolute Gasteiger partial charge is 0.345 e. The number of hydrogen-bond donors (Lipinski definition) is 0. The van der Waals surface area contributed by atoms with Gasteiger partial charge in [0, 0.05) is 39.1 Å². The molecule has 3 nitrogen and oxygen atoms in total. The van der Waals surface area contributed by atoms with Crippen molar-refractivity contribution >= 4 is 26.5 Å². The molecule has 0 N–H and O–H groups in total. The normalized spacial score (nSPS) is 11.7. The summed E-state index contributed by atoms with van der Waals surface area (Å²) in [7, 11) is -0.118. The average molecular weight is 488 g/mol. The second kappa shape index (κ2) is 9.93. The molecule has 4 aromatic rings. The van der Waals surface area contributed by atoms with E-state index < -0.39 is 11.6 Å². The minimum Gasteiger partial charge on any atom is -0.481 e. The van der Waals surface area contributed by atoms with Gasteiger partial charge in [0.2, 0.25) is 0 Å². The molecular weight excluding hydrogens is 459 g/mol. The summed E-state index contributed by atoms with van der Waals surface area (Å²) < 4.78 is 26.1. The van der Waals surface area contributed by atoms with Crippen LogP contribution in [0.1, 0.15) is 36.1 Å². The molecule has 0 aliphatic rings. The maximum Gasteiger partial charge on any atom is 0.345 e. The minimum absolute atomic E-state index is 0.118. The van der Waals surface area contributed by atoms with E-state index in [4.69, 9.17) is 9.47 Å². The topological polar surface area (TPSA) is 35.5 Å². The lowest BCUT2D eigenvalue weighted by molar-refractivity contribution is -0.154. The van der Waals surface area contributed by atoms with Crippen LogP contribution >= 0.6 is 10.5 Å². The summed E-state index contributed by atoms with van der Waals surface area (Å²) in [5, 5.41) is 3.63. The zero-order valence-electron chi connectivity index (χ0n) is 20.6. The number of carbonyl (C=O) groups is 1. The maximum atomic E-state index is 13.3. The molecule has 5 heteroatoms. The molecular formula is C30H28FO3S+. The van der Waals surface area contributed by atoms with E-state index in [0.717, 1.165) is 11.1 Å². The summed E-state index contributed by atoms with van der Waals surface area (Å²) in [6.07, 6.45) is 0. The number of thiophene rings is 1. The molecule has 35 heavy (non-hydrogen) atoms. The van der Waals surface area contributed by atoms with Crippen LogP contribution in [0.25, 0.3) is 15.0 Å². The van der Waals surface area contributed by atoms with Gasteiger partial charge in [-0.2, -0.15) is 0 Å². The van der Waals surface area contributed by atoms with Crippen LogP contribution in [-0.4, -0.2) is 18.2 Å². The number of benzene rings is 3. The Morgan fingerprint density at radius 2 is 1.69 bits per heavy atom. The number of carbonyl (C=O) groups excluding carboxylic acids is 1. The van der Waals surface area contributed by atoms with E-state index in [0.29, 0.717) is 11.3 Å². The van der Waals surface area contributed by atoms with Crippen molar-refractivity contribution in [1.82, 2.24) is 0 Å². The number of fused-ring (bicyclic) bond motifs is 1. The monoisotopic (exact) mass is 487 g/mol. The largest absolute Gasteiger partial charge is 0.481 e. The Bertz CT molecular complexity index is 1450. The zero-order chi connectivity index (χ0) is 25.2. The molecule has 178 valence electrons. The highest BCUT2D eigenvalue weighted by Crippen LogP contribution is 2.43. The van der Waals surface area contributed by atoms with Crippen molar-refractivity contribution in [3.05, 3.63) is 94.1 Å². The van der Waals surface area contributed by atoms with Crippen molar-refractivity contribution in [2.75, 3.05) is 6.61 Å². The molecule has 0 fully saturated rings. The second-order valence-electron chi connectivity index (χ2n) is 9.05. The summed E-state index contributed by atoms with van der Waals surface area (Å²) in [6.45, 7) is 9.30. The van der Waals surface area contributed by atoms with Gasteiger partial charge in [-0.05, 0) is 76.1 Å². The number of aryl methyl sites for hydroxylation is 3. The summed E-state index contributed by atoms with van der Waals surface area (Å²) in [5.74, 6) is 5.55. The number of rotatable bonds is 5. The SMILES string of the molecule is Cc1cc(-[s+]2cc(C)c3ccccc32)cc(C)c1OCC(=O)OC(C)(C)C#Cc1cccc(F)c1. The molecule has 4 rings (SSSR count). The van der Waals surface area contributed by atoms with Crippen LogP contribution in [0.5, 0.6) is 5.75 Å². The van der Waals surface area contributed by atoms with E-state index in [1.54, 1.807) is 26.0 Å². The molecule has 0 aliphatic carbocycles. The van der Waals surface area contributed by atoms with Crippen molar-refractivity contribution in [3.63, 3.8) is 0 Å². The van der Waals surface area contributed by atoms with Crippen LogP contribution in [-0.2, 0) is 9.53 Å². The van der Waals surface area contributed by atoms with E-state index in [1.807, 2.05) is 13.8 Å². The van der Waals surface area contributed by atoms with Crippen LogP contribution in [0.2, 0.25) is 0 Å². The Morgan fingerprint density at radius 1 is 0.971 bits per heavy atom. The molecule has 1 unspecified atom stereocenters. The Morgan fingerprint density at radius 3 is 2.40 bits per heavy atom. The third-order valence-corrected chi connectivity index (χ3v) is 7.73. The van der Waals surface area contributed by atoms with E-state index in [9.17, 15) is 9.18 Å². The van der Waals surface area contributed by atoms with Gasteiger partial charge in [0.05, 0.1) is 0 Å². The van der Waals surface area contributed by atoms with Crippen molar-refractivity contribution in [3.8, 4) is 22.5 Å². The van der Waals surface area contributed by atoms with E-state index >= 15 is 0 Å². The minimum atomic E-state index is -1.04. The van der Waals surface area contributed by atoms with Gasteiger partial charge in [-0.25, -0.2) is 9.18 Å². The molecule has 0 spiro atoms. The Hall–Kier alpha value is -3.62. The van der Waals surface area contributed by atoms with Crippen LogP contribution in [0, 0.1) is 38.4 Å². The zero-order valence-corrected chi connectivity index (χ0v) is 21.4. The summed E-state index contributed by atoms with van der Waals surface area (Å²) in [5.41, 5.74) is 2.72. The lowest BCUT2D eigenvalue weighted by Crippen LogP contribution is -2.29. The molecule has 3 aromatic carbocycles. The molecule has 1 atom stereocenters. The molecule has 0 saturated heterocycles. The van der Waals surface area contributed by atoms with Gasteiger partial charge in [-0.3, -0.25) is 0 Å².